The fourth-order valence-electron chi connectivity index (χ4n) is 3.79. The lowest BCUT2D eigenvalue weighted by molar-refractivity contribution is -0.110. The van der Waals surface area contributed by atoms with Crippen molar-refractivity contribution in [1.82, 2.24) is 9.97 Å². The molecule has 168 valence electrons. The molecule has 6 nitrogen and oxygen atoms in total. The molecule has 0 unspecified atom stereocenters. The molecule has 7 heteroatoms. The van der Waals surface area contributed by atoms with E-state index in [1.165, 1.54) is 18.2 Å². The summed E-state index contributed by atoms with van der Waals surface area (Å²) in [4.78, 5) is 33.3. The van der Waals surface area contributed by atoms with Crippen molar-refractivity contribution in [2.45, 2.75) is 19.8 Å². The molecule has 1 aliphatic heterocycles. The highest BCUT2D eigenvalue weighted by atomic mass is 19.1. The molecule has 0 radical (unpaired) electrons. The Morgan fingerprint density at radius 3 is 2.65 bits per heavy atom. The van der Waals surface area contributed by atoms with Crippen molar-refractivity contribution in [3.8, 4) is 11.3 Å². The predicted molar refractivity (Wildman–Crippen MR) is 126 cm³/mol. The van der Waals surface area contributed by atoms with E-state index in [0.717, 1.165) is 17.0 Å². The van der Waals surface area contributed by atoms with Crippen LogP contribution in [-0.2, 0) is 11.2 Å². The van der Waals surface area contributed by atoms with Gasteiger partial charge in [0.05, 0.1) is 17.0 Å². The summed E-state index contributed by atoms with van der Waals surface area (Å²) in [5.74, 6) is 0.368. The fraction of sp³-hybridized carbons (Fsp3) is 0.111. The van der Waals surface area contributed by atoms with Crippen LogP contribution in [0.25, 0.3) is 23.0 Å². The van der Waals surface area contributed by atoms with E-state index >= 15 is 0 Å². The molecular weight excluding hydrogens is 433 g/mol. The van der Waals surface area contributed by atoms with E-state index in [1.54, 1.807) is 42.7 Å². The number of amides is 1. The molecule has 3 heterocycles. The first-order valence-electron chi connectivity index (χ1n) is 10.8. The topological polar surface area (TPSA) is 85.1 Å². The quantitative estimate of drug-likeness (QED) is 0.308. The molecule has 2 aromatic heterocycles. The van der Waals surface area contributed by atoms with Crippen LogP contribution >= 0.6 is 0 Å². The average Bonchev–Trinajstić information content (AvgIpc) is 3.43. The molecule has 0 spiro atoms. The van der Waals surface area contributed by atoms with Crippen molar-refractivity contribution in [3.05, 3.63) is 101 Å². The Morgan fingerprint density at radius 1 is 1.06 bits per heavy atom. The zero-order chi connectivity index (χ0) is 23.7. The third-order valence-corrected chi connectivity index (χ3v) is 5.61. The maximum absolute atomic E-state index is 13.6. The number of benzene rings is 2. The van der Waals surface area contributed by atoms with Crippen molar-refractivity contribution in [2.75, 3.05) is 5.32 Å². The molecule has 0 atom stereocenters. The first kappa shape index (κ1) is 21.5. The summed E-state index contributed by atoms with van der Waals surface area (Å²) in [7, 11) is 0. The minimum atomic E-state index is -0.414. The molecule has 1 N–H and O–H groups in total. The number of anilines is 1. The number of hydrogen-bond acceptors (Lipinski definition) is 5. The number of nitrogens with zero attached hydrogens (tertiary/aromatic N) is 2. The van der Waals surface area contributed by atoms with E-state index in [-0.39, 0.29) is 11.7 Å². The van der Waals surface area contributed by atoms with Gasteiger partial charge in [0.2, 0.25) is 0 Å². The molecule has 1 amide bonds. The van der Waals surface area contributed by atoms with Crippen molar-refractivity contribution >= 4 is 29.0 Å². The van der Waals surface area contributed by atoms with Gasteiger partial charge in [-0.05, 0) is 49.8 Å². The third kappa shape index (κ3) is 4.41. The Kier molecular flexibility index (Phi) is 5.59. The molecule has 0 fully saturated rings. The van der Waals surface area contributed by atoms with Gasteiger partial charge in [-0.25, -0.2) is 4.39 Å². The lowest BCUT2D eigenvalue weighted by Gasteiger charge is -2.03. The monoisotopic (exact) mass is 453 g/mol. The Labute approximate surface area is 195 Å². The van der Waals surface area contributed by atoms with Crippen LogP contribution in [-0.4, -0.2) is 21.7 Å². The zero-order valence-corrected chi connectivity index (χ0v) is 18.3. The summed E-state index contributed by atoms with van der Waals surface area (Å²) in [6.45, 7) is 1.87. The van der Waals surface area contributed by atoms with Gasteiger partial charge in [-0.1, -0.05) is 24.3 Å². The molecule has 34 heavy (non-hydrogen) atoms. The Morgan fingerprint density at radius 2 is 1.88 bits per heavy atom. The van der Waals surface area contributed by atoms with Gasteiger partial charge in [-0.15, -0.1) is 0 Å². The number of halogens is 1. The van der Waals surface area contributed by atoms with Gasteiger partial charge in [0.15, 0.2) is 5.78 Å². The van der Waals surface area contributed by atoms with Crippen LogP contribution in [0.3, 0.4) is 0 Å². The number of aromatic nitrogens is 2. The lowest BCUT2D eigenvalue weighted by atomic mass is 10.0. The Balaban J connectivity index is 1.29. The molecule has 1 aliphatic rings. The molecule has 5 rings (SSSR count). The van der Waals surface area contributed by atoms with Crippen molar-refractivity contribution in [1.29, 1.82) is 0 Å². The van der Waals surface area contributed by atoms with Crippen LogP contribution in [0.4, 0.5) is 10.1 Å². The Hall–Kier alpha value is -4.39. The lowest BCUT2D eigenvalue weighted by Crippen LogP contribution is -2.03. The molecule has 0 saturated carbocycles. The van der Waals surface area contributed by atoms with Gasteiger partial charge in [0.1, 0.15) is 17.3 Å². The van der Waals surface area contributed by atoms with E-state index in [1.807, 2.05) is 19.1 Å². The van der Waals surface area contributed by atoms with Crippen LogP contribution in [0.2, 0.25) is 0 Å². The van der Waals surface area contributed by atoms with E-state index in [4.69, 9.17) is 4.42 Å². The van der Waals surface area contributed by atoms with Gasteiger partial charge in [-0.2, -0.15) is 0 Å². The van der Waals surface area contributed by atoms with Crippen LogP contribution in [0.1, 0.15) is 39.5 Å². The molecule has 0 aliphatic carbocycles. The molecule has 0 saturated heterocycles. The number of fused-ring (bicyclic) bond motifs is 1. The van der Waals surface area contributed by atoms with Gasteiger partial charge in [-0.3, -0.25) is 19.6 Å². The number of furan rings is 1. The number of ketones is 1. The minimum Gasteiger partial charge on any atom is -0.457 e. The van der Waals surface area contributed by atoms with Gasteiger partial charge in [0.25, 0.3) is 5.91 Å². The summed E-state index contributed by atoms with van der Waals surface area (Å²) in [6.07, 6.45) is 5.86. The van der Waals surface area contributed by atoms with Crippen LogP contribution in [0, 0.1) is 12.7 Å². The first-order valence-corrected chi connectivity index (χ1v) is 10.8. The first-order chi connectivity index (χ1) is 16.5. The summed E-state index contributed by atoms with van der Waals surface area (Å²) in [5.41, 5.74) is 4.45. The van der Waals surface area contributed by atoms with Crippen LogP contribution in [0.5, 0.6) is 0 Å². The van der Waals surface area contributed by atoms with Gasteiger partial charge >= 0.3 is 0 Å². The second-order valence-electron chi connectivity index (χ2n) is 8.05. The van der Waals surface area contributed by atoms with Crippen molar-refractivity contribution in [2.24, 2.45) is 0 Å². The summed E-state index contributed by atoms with van der Waals surface area (Å²) >= 11 is 0. The van der Waals surface area contributed by atoms with Crippen LogP contribution in [0.15, 0.2) is 71.4 Å². The van der Waals surface area contributed by atoms with E-state index < -0.39 is 5.82 Å². The number of rotatable bonds is 6. The van der Waals surface area contributed by atoms with Gasteiger partial charge in [0, 0.05) is 41.2 Å². The average molecular weight is 453 g/mol. The van der Waals surface area contributed by atoms with E-state index in [2.05, 4.69) is 15.3 Å². The number of carbonyl (C=O) groups excluding carboxylic acids is 2. The second kappa shape index (κ2) is 8.86. The molecular formula is C27H20FN3O3. The smallest absolute Gasteiger partial charge is 0.256 e. The van der Waals surface area contributed by atoms with Gasteiger partial charge < -0.3 is 9.73 Å². The fourth-order valence-corrected chi connectivity index (χ4v) is 3.79. The highest BCUT2D eigenvalue weighted by Gasteiger charge is 2.25. The summed E-state index contributed by atoms with van der Waals surface area (Å²) in [6, 6.07) is 14.9. The summed E-state index contributed by atoms with van der Waals surface area (Å²) < 4.78 is 19.5. The van der Waals surface area contributed by atoms with E-state index in [0.29, 0.717) is 46.7 Å². The number of carbonyl (C=O) groups is 2. The number of nitrogens with one attached hydrogen (secondary N) is 1. The highest BCUT2D eigenvalue weighted by Crippen LogP contribution is 2.34. The maximum atomic E-state index is 13.6. The molecule has 2 aromatic carbocycles. The third-order valence-electron chi connectivity index (χ3n) is 5.61. The van der Waals surface area contributed by atoms with E-state index in [9.17, 15) is 14.0 Å². The summed E-state index contributed by atoms with van der Waals surface area (Å²) in [5, 5.41) is 2.72. The minimum absolute atomic E-state index is 0.0249. The number of aryl methyl sites for hydroxylation is 2. The molecule has 4 aromatic rings. The van der Waals surface area contributed by atoms with Crippen LogP contribution < -0.4 is 5.32 Å². The molecule has 0 bridgehead atoms. The van der Waals surface area contributed by atoms with Crippen molar-refractivity contribution in [3.63, 3.8) is 0 Å². The highest BCUT2D eigenvalue weighted by molar-refractivity contribution is 6.34. The Bertz CT molecular complexity index is 1420. The normalized spacial score (nSPS) is 13.7. The maximum Gasteiger partial charge on any atom is 0.256 e. The largest absolute Gasteiger partial charge is 0.457 e. The zero-order valence-electron chi connectivity index (χ0n) is 18.3. The van der Waals surface area contributed by atoms with Crippen molar-refractivity contribution < 1.29 is 18.4 Å². The predicted octanol–water partition coefficient (Wildman–Crippen LogP) is 5.49. The number of Topliss-reactive ketones (excluding diaryl/α,β-unsaturated/α-hetero) is 1. The SMILES string of the molecule is Cc1cnc(CCC(=O)c2ccc(-c3ccc(/C=C4/C(=O)Nc5ccc(F)cc54)o3)cc2)cn1. The number of hydrogen-bond donors (Lipinski definition) is 1. The standard InChI is InChI=1S/C27H20FN3O3/c1-16-14-30-20(15-29-16)7-10-25(32)17-2-4-18(5-3-17)26-11-8-21(34-26)13-23-22-12-19(28)6-9-24(22)31-27(23)33/h2-6,8-9,11-15H,7,10H2,1H3,(H,31,33)/b23-13+. The second-order valence-corrected chi connectivity index (χ2v) is 8.05.